The molecule has 2 aromatic rings. The lowest BCUT2D eigenvalue weighted by atomic mass is 10.1. The monoisotopic (exact) mass is 368 g/mol. The number of carbonyl (C=O) groups is 2. The number of nitrogens with zero attached hydrogens (tertiary/aromatic N) is 4. The maximum Gasteiger partial charge on any atom is 0.276 e. The van der Waals surface area contributed by atoms with E-state index in [0.29, 0.717) is 32.7 Å². The molecule has 27 heavy (non-hydrogen) atoms. The number of piperazine rings is 1. The summed E-state index contributed by atoms with van der Waals surface area (Å²) in [4.78, 5) is 36.5. The molecule has 3 N–H and O–H groups in total. The Morgan fingerprint density at radius 3 is 2.52 bits per heavy atom. The predicted molar refractivity (Wildman–Crippen MR) is 103 cm³/mol. The number of aryl methyl sites for hydroxylation is 1. The Morgan fingerprint density at radius 2 is 1.81 bits per heavy atom. The van der Waals surface area contributed by atoms with Crippen molar-refractivity contribution >= 4 is 23.3 Å². The van der Waals surface area contributed by atoms with Crippen LogP contribution in [0.4, 0.5) is 11.5 Å². The molecule has 142 valence electrons. The lowest BCUT2D eigenvalue weighted by molar-refractivity contribution is -0.117. The second-order valence-electron chi connectivity index (χ2n) is 6.42. The molecule has 3 rings (SSSR count). The van der Waals surface area contributed by atoms with Gasteiger partial charge in [-0.1, -0.05) is 25.1 Å². The van der Waals surface area contributed by atoms with Gasteiger partial charge in [0.2, 0.25) is 5.91 Å². The normalized spacial score (nSPS) is 14.8. The number of amides is 2. The van der Waals surface area contributed by atoms with Crippen molar-refractivity contribution in [3.05, 3.63) is 47.9 Å². The summed E-state index contributed by atoms with van der Waals surface area (Å²) >= 11 is 0. The van der Waals surface area contributed by atoms with Gasteiger partial charge in [-0.3, -0.25) is 14.5 Å². The number of para-hydroxylation sites is 1. The Balaban J connectivity index is 1.51. The summed E-state index contributed by atoms with van der Waals surface area (Å²) in [5, 5.41) is 2.98. The first-order valence-electron chi connectivity index (χ1n) is 9.04. The van der Waals surface area contributed by atoms with Crippen molar-refractivity contribution in [2.75, 3.05) is 43.8 Å². The van der Waals surface area contributed by atoms with E-state index in [0.717, 1.165) is 17.7 Å². The summed E-state index contributed by atoms with van der Waals surface area (Å²) in [6.07, 6.45) is 3.78. The summed E-state index contributed by atoms with van der Waals surface area (Å²) in [6, 6.07) is 7.81. The van der Waals surface area contributed by atoms with E-state index >= 15 is 0 Å². The minimum absolute atomic E-state index is 0.0474. The first-order chi connectivity index (χ1) is 13.1. The second-order valence-corrected chi connectivity index (χ2v) is 6.42. The summed E-state index contributed by atoms with van der Waals surface area (Å²) < 4.78 is 0. The molecule has 0 saturated carbocycles. The number of nitrogens with two attached hydrogens (primary N) is 1. The van der Waals surface area contributed by atoms with Gasteiger partial charge < -0.3 is 16.0 Å². The number of aromatic nitrogens is 2. The van der Waals surface area contributed by atoms with E-state index in [-0.39, 0.29) is 23.3 Å². The van der Waals surface area contributed by atoms with Gasteiger partial charge in [0.25, 0.3) is 5.91 Å². The number of nitrogen functional groups attached to an aromatic ring is 1. The Labute approximate surface area is 158 Å². The van der Waals surface area contributed by atoms with Crippen LogP contribution >= 0.6 is 0 Å². The number of hydrogen-bond donors (Lipinski definition) is 2. The number of nitrogens with one attached hydrogen (secondary N) is 1. The highest BCUT2D eigenvalue weighted by Crippen LogP contribution is 2.16. The molecule has 0 spiro atoms. The summed E-state index contributed by atoms with van der Waals surface area (Å²) in [7, 11) is 0. The van der Waals surface area contributed by atoms with E-state index in [9.17, 15) is 9.59 Å². The number of hydrogen-bond acceptors (Lipinski definition) is 6. The fraction of sp³-hybridized carbons (Fsp3) is 0.368. The van der Waals surface area contributed by atoms with Crippen LogP contribution < -0.4 is 11.1 Å². The smallest absolute Gasteiger partial charge is 0.276 e. The Hall–Kier alpha value is -3.00. The summed E-state index contributed by atoms with van der Waals surface area (Å²) in [5.41, 5.74) is 7.89. The van der Waals surface area contributed by atoms with Crippen molar-refractivity contribution in [1.29, 1.82) is 0 Å². The van der Waals surface area contributed by atoms with Gasteiger partial charge in [0, 0.05) is 44.3 Å². The van der Waals surface area contributed by atoms with Crippen molar-refractivity contribution in [3.8, 4) is 0 Å². The van der Waals surface area contributed by atoms with Crippen LogP contribution in [-0.2, 0) is 11.2 Å². The summed E-state index contributed by atoms with van der Waals surface area (Å²) in [6.45, 7) is 4.64. The van der Waals surface area contributed by atoms with Gasteiger partial charge in [0.05, 0.1) is 6.54 Å². The molecule has 1 saturated heterocycles. The van der Waals surface area contributed by atoms with Crippen molar-refractivity contribution in [2.24, 2.45) is 0 Å². The van der Waals surface area contributed by atoms with Crippen molar-refractivity contribution in [1.82, 2.24) is 19.8 Å². The highest BCUT2D eigenvalue weighted by Gasteiger charge is 2.25. The fourth-order valence-electron chi connectivity index (χ4n) is 3.12. The lowest BCUT2D eigenvalue weighted by Crippen LogP contribution is -2.50. The third-order valence-electron chi connectivity index (χ3n) is 4.63. The first kappa shape index (κ1) is 18.8. The summed E-state index contributed by atoms with van der Waals surface area (Å²) in [5.74, 6) is -0.130. The van der Waals surface area contributed by atoms with E-state index in [1.54, 1.807) is 4.90 Å². The zero-order valence-corrected chi connectivity index (χ0v) is 15.4. The van der Waals surface area contributed by atoms with Gasteiger partial charge in [-0.15, -0.1) is 0 Å². The average molecular weight is 368 g/mol. The van der Waals surface area contributed by atoms with E-state index in [1.807, 2.05) is 29.2 Å². The quantitative estimate of drug-likeness (QED) is 0.816. The Bertz CT molecular complexity index is 817. The van der Waals surface area contributed by atoms with Gasteiger partial charge in [0.1, 0.15) is 0 Å². The van der Waals surface area contributed by atoms with E-state index in [2.05, 4.69) is 22.2 Å². The highest BCUT2D eigenvalue weighted by molar-refractivity contribution is 5.96. The molecule has 1 aromatic heterocycles. The molecule has 0 bridgehead atoms. The standard InChI is InChI=1S/C19H24N6O2/c1-2-14-5-3-4-6-15(14)23-16(26)13-24-9-11-25(12-10-24)19(27)17-18(20)22-8-7-21-17/h3-8H,2,9-13H2,1H3,(H2,20,22)(H,23,26). The fourth-order valence-corrected chi connectivity index (χ4v) is 3.12. The molecule has 0 atom stereocenters. The maximum absolute atomic E-state index is 12.5. The molecule has 0 aliphatic carbocycles. The average Bonchev–Trinajstić information content (AvgIpc) is 2.69. The molecular formula is C19H24N6O2. The van der Waals surface area contributed by atoms with E-state index in [4.69, 9.17) is 5.73 Å². The molecule has 1 aliphatic rings. The predicted octanol–water partition coefficient (Wildman–Crippen LogP) is 1.02. The number of anilines is 2. The van der Waals surface area contributed by atoms with Crippen LogP contribution in [0.15, 0.2) is 36.7 Å². The number of carbonyl (C=O) groups excluding carboxylic acids is 2. The Kier molecular flexibility index (Phi) is 5.97. The van der Waals surface area contributed by atoms with Gasteiger partial charge in [-0.25, -0.2) is 9.97 Å². The second kappa shape index (κ2) is 8.59. The lowest BCUT2D eigenvalue weighted by Gasteiger charge is -2.34. The molecule has 0 radical (unpaired) electrons. The zero-order chi connectivity index (χ0) is 19.2. The number of rotatable bonds is 5. The van der Waals surface area contributed by atoms with Gasteiger partial charge >= 0.3 is 0 Å². The maximum atomic E-state index is 12.5. The minimum Gasteiger partial charge on any atom is -0.382 e. The van der Waals surface area contributed by atoms with Crippen LogP contribution in [0.1, 0.15) is 23.0 Å². The molecule has 1 fully saturated rings. The van der Waals surface area contributed by atoms with Crippen LogP contribution in [0.3, 0.4) is 0 Å². The zero-order valence-electron chi connectivity index (χ0n) is 15.4. The minimum atomic E-state index is -0.221. The van der Waals surface area contributed by atoms with Crippen LogP contribution in [0.2, 0.25) is 0 Å². The van der Waals surface area contributed by atoms with Gasteiger partial charge in [-0.05, 0) is 18.1 Å². The van der Waals surface area contributed by atoms with Crippen molar-refractivity contribution in [2.45, 2.75) is 13.3 Å². The van der Waals surface area contributed by atoms with Crippen LogP contribution in [0.25, 0.3) is 0 Å². The van der Waals surface area contributed by atoms with Crippen LogP contribution in [0, 0.1) is 0 Å². The first-order valence-corrected chi connectivity index (χ1v) is 9.04. The van der Waals surface area contributed by atoms with Gasteiger partial charge in [0.15, 0.2) is 11.5 Å². The van der Waals surface area contributed by atoms with Crippen LogP contribution in [-0.4, -0.2) is 64.3 Å². The van der Waals surface area contributed by atoms with Crippen molar-refractivity contribution in [3.63, 3.8) is 0 Å². The molecule has 2 amide bonds. The molecule has 2 heterocycles. The van der Waals surface area contributed by atoms with E-state index < -0.39 is 0 Å². The molecule has 8 nitrogen and oxygen atoms in total. The topological polar surface area (TPSA) is 104 Å². The largest absolute Gasteiger partial charge is 0.382 e. The Morgan fingerprint density at radius 1 is 1.11 bits per heavy atom. The molecule has 0 unspecified atom stereocenters. The van der Waals surface area contributed by atoms with Crippen LogP contribution in [0.5, 0.6) is 0 Å². The molecule has 8 heteroatoms. The van der Waals surface area contributed by atoms with Gasteiger partial charge in [-0.2, -0.15) is 0 Å². The third kappa shape index (κ3) is 4.59. The van der Waals surface area contributed by atoms with E-state index in [1.165, 1.54) is 12.4 Å². The number of benzene rings is 1. The SMILES string of the molecule is CCc1ccccc1NC(=O)CN1CCN(C(=O)c2nccnc2N)CC1. The molecule has 1 aromatic carbocycles. The third-order valence-corrected chi connectivity index (χ3v) is 4.63. The van der Waals surface area contributed by atoms with Crippen molar-refractivity contribution < 1.29 is 9.59 Å². The molecular weight excluding hydrogens is 344 g/mol. The molecule has 1 aliphatic heterocycles. The highest BCUT2D eigenvalue weighted by atomic mass is 16.2.